The molecule has 1 aliphatic rings. The molecule has 4 N–H and O–H groups in total. The maximum Gasteiger partial charge on any atom is 0.305 e. The van der Waals surface area contributed by atoms with E-state index in [0.29, 0.717) is 6.61 Å². The number of hydrogen-bond acceptors (Lipinski definition) is 5. The van der Waals surface area contributed by atoms with Crippen molar-refractivity contribution < 1.29 is 19.4 Å². The Bertz CT molecular complexity index is 1090. The first kappa shape index (κ1) is 21.1. The standard InChI is InChI=1S/C24H29N3O4/c1-14(2)31-22-7-4-15(10-20(22)25-3)13-30-16-5-6-19-18(11-16)17-8-9-26-21(12-23(28)29)24(17)27-19/h4-7,10-11,14,21,25-27H,8-9,12-13H2,1-3H3,(H,28,29). The lowest BCUT2D eigenvalue weighted by atomic mass is 9.97. The fraction of sp³-hybridized carbons (Fsp3) is 0.375. The number of carbonyl (C=O) groups is 1. The zero-order valence-corrected chi connectivity index (χ0v) is 18.1. The fourth-order valence-corrected chi connectivity index (χ4v) is 4.11. The Morgan fingerprint density at radius 3 is 2.84 bits per heavy atom. The molecule has 1 aliphatic heterocycles. The van der Waals surface area contributed by atoms with E-state index in [0.717, 1.165) is 52.3 Å². The first-order chi connectivity index (χ1) is 14.9. The van der Waals surface area contributed by atoms with E-state index in [1.54, 1.807) is 0 Å². The fourth-order valence-electron chi connectivity index (χ4n) is 4.11. The van der Waals surface area contributed by atoms with Gasteiger partial charge in [0, 0.05) is 23.6 Å². The zero-order chi connectivity index (χ0) is 22.0. The summed E-state index contributed by atoms with van der Waals surface area (Å²) < 4.78 is 11.9. The molecule has 0 spiro atoms. The van der Waals surface area contributed by atoms with Gasteiger partial charge in [-0.05, 0) is 68.3 Å². The quantitative estimate of drug-likeness (QED) is 0.433. The van der Waals surface area contributed by atoms with Crippen LogP contribution in [0.15, 0.2) is 36.4 Å². The number of nitrogens with one attached hydrogen (secondary N) is 3. The minimum absolute atomic E-state index is 0.0630. The number of aromatic nitrogens is 1. The molecule has 2 heterocycles. The number of rotatable bonds is 8. The van der Waals surface area contributed by atoms with Gasteiger partial charge >= 0.3 is 5.97 Å². The number of ether oxygens (including phenoxy) is 2. The SMILES string of the molecule is CNc1cc(COc2ccc3[nH]c4c(c3c2)CCNC4CC(=O)O)ccc1OC(C)C. The molecule has 0 bridgehead atoms. The predicted octanol–water partition coefficient (Wildman–Crippen LogP) is 4.24. The van der Waals surface area contributed by atoms with Gasteiger partial charge in [0.15, 0.2) is 0 Å². The van der Waals surface area contributed by atoms with E-state index < -0.39 is 5.97 Å². The van der Waals surface area contributed by atoms with Crippen LogP contribution in [0.4, 0.5) is 5.69 Å². The largest absolute Gasteiger partial charge is 0.489 e. The van der Waals surface area contributed by atoms with Crippen molar-refractivity contribution in [2.45, 2.75) is 45.4 Å². The van der Waals surface area contributed by atoms with Crippen molar-refractivity contribution in [2.75, 3.05) is 18.9 Å². The Kier molecular flexibility index (Phi) is 6.04. The molecule has 1 unspecified atom stereocenters. The molecule has 1 aromatic heterocycles. The number of benzene rings is 2. The van der Waals surface area contributed by atoms with Gasteiger partial charge in [-0.2, -0.15) is 0 Å². The number of hydrogen-bond donors (Lipinski definition) is 4. The third kappa shape index (κ3) is 4.61. The summed E-state index contributed by atoms with van der Waals surface area (Å²) in [6, 6.07) is 11.8. The van der Waals surface area contributed by atoms with Crippen molar-refractivity contribution in [1.29, 1.82) is 0 Å². The minimum Gasteiger partial charge on any atom is -0.489 e. The van der Waals surface area contributed by atoms with Crippen LogP contribution in [0.25, 0.3) is 10.9 Å². The molecule has 31 heavy (non-hydrogen) atoms. The summed E-state index contributed by atoms with van der Waals surface area (Å²) >= 11 is 0. The molecular weight excluding hydrogens is 394 g/mol. The second-order valence-electron chi connectivity index (χ2n) is 8.11. The summed E-state index contributed by atoms with van der Waals surface area (Å²) in [5.41, 5.74) is 5.13. The molecule has 0 radical (unpaired) electrons. The first-order valence-electron chi connectivity index (χ1n) is 10.6. The number of aliphatic carboxylic acids is 1. The van der Waals surface area contributed by atoms with Crippen molar-refractivity contribution in [3.8, 4) is 11.5 Å². The number of aromatic amines is 1. The van der Waals surface area contributed by atoms with Crippen LogP contribution in [0, 0.1) is 0 Å². The molecule has 0 amide bonds. The van der Waals surface area contributed by atoms with Crippen molar-refractivity contribution >= 4 is 22.6 Å². The van der Waals surface area contributed by atoms with Crippen LogP contribution in [0.5, 0.6) is 11.5 Å². The third-order valence-electron chi connectivity index (χ3n) is 5.49. The van der Waals surface area contributed by atoms with E-state index in [9.17, 15) is 9.90 Å². The summed E-state index contributed by atoms with van der Waals surface area (Å²) in [4.78, 5) is 14.6. The number of carboxylic acids is 1. The van der Waals surface area contributed by atoms with Crippen molar-refractivity contribution in [1.82, 2.24) is 10.3 Å². The maximum absolute atomic E-state index is 11.2. The van der Waals surface area contributed by atoms with E-state index in [1.807, 2.05) is 57.3 Å². The number of fused-ring (bicyclic) bond motifs is 3. The van der Waals surface area contributed by atoms with Gasteiger partial charge in [-0.15, -0.1) is 0 Å². The molecule has 1 atom stereocenters. The van der Waals surface area contributed by atoms with Crippen molar-refractivity contribution in [3.05, 3.63) is 53.2 Å². The van der Waals surface area contributed by atoms with Crippen LogP contribution in [0.3, 0.4) is 0 Å². The summed E-state index contributed by atoms with van der Waals surface area (Å²) in [6.45, 7) is 5.22. The van der Waals surface area contributed by atoms with Crippen LogP contribution < -0.4 is 20.1 Å². The van der Waals surface area contributed by atoms with E-state index in [4.69, 9.17) is 9.47 Å². The molecule has 3 aromatic rings. The summed E-state index contributed by atoms with van der Waals surface area (Å²) in [7, 11) is 1.88. The highest BCUT2D eigenvalue weighted by Gasteiger charge is 2.25. The van der Waals surface area contributed by atoms with Crippen LogP contribution >= 0.6 is 0 Å². The molecule has 0 fully saturated rings. The van der Waals surface area contributed by atoms with Crippen LogP contribution in [0.1, 0.15) is 43.1 Å². The summed E-state index contributed by atoms with van der Waals surface area (Å²) in [6.07, 6.45) is 1.03. The van der Waals surface area contributed by atoms with Gasteiger partial charge in [-0.1, -0.05) is 6.07 Å². The lowest BCUT2D eigenvalue weighted by Crippen LogP contribution is -2.31. The zero-order valence-electron chi connectivity index (χ0n) is 18.1. The van der Waals surface area contributed by atoms with Crippen molar-refractivity contribution in [2.24, 2.45) is 0 Å². The molecule has 4 rings (SSSR count). The highest BCUT2D eigenvalue weighted by molar-refractivity contribution is 5.87. The lowest BCUT2D eigenvalue weighted by molar-refractivity contribution is -0.137. The maximum atomic E-state index is 11.2. The van der Waals surface area contributed by atoms with E-state index in [-0.39, 0.29) is 18.6 Å². The molecule has 7 heteroatoms. The topological polar surface area (TPSA) is 95.6 Å². The second-order valence-corrected chi connectivity index (χ2v) is 8.11. The van der Waals surface area contributed by atoms with Crippen LogP contribution in [-0.4, -0.2) is 35.8 Å². The molecular formula is C24H29N3O4. The normalized spacial score (nSPS) is 15.7. The van der Waals surface area contributed by atoms with Crippen LogP contribution in [-0.2, 0) is 17.8 Å². The lowest BCUT2D eigenvalue weighted by Gasteiger charge is -2.22. The number of carboxylic acid groups (broad SMARTS) is 1. The van der Waals surface area contributed by atoms with Gasteiger partial charge in [-0.3, -0.25) is 4.79 Å². The minimum atomic E-state index is -0.807. The molecule has 0 saturated heterocycles. The Hall–Kier alpha value is -3.19. The Morgan fingerprint density at radius 2 is 2.10 bits per heavy atom. The molecule has 0 aliphatic carbocycles. The predicted molar refractivity (Wildman–Crippen MR) is 121 cm³/mol. The average Bonchev–Trinajstić information content (AvgIpc) is 3.11. The molecule has 164 valence electrons. The van der Waals surface area contributed by atoms with E-state index in [1.165, 1.54) is 5.56 Å². The van der Waals surface area contributed by atoms with E-state index >= 15 is 0 Å². The third-order valence-corrected chi connectivity index (χ3v) is 5.49. The Labute approximate surface area is 181 Å². The van der Waals surface area contributed by atoms with Gasteiger partial charge in [0.2, 0.25) is 0 Å². The van der Waals surface area contributed by atoms with Crippen molar-refractivity contribution in [3.63, 3.8) is 0 Å². The highest BCUT2D eigenvalue weighted by Crippen LogP contribution is 2.34. The van der Waals surface area contributed by atoms with Gasteiger partial charge < -0.3 is 30.2 Å². The second kappa shape index (κ2) is 8.89. The summed E-state index contributed by atoms with van der Waals surface area (Å²) in [5.74, 6) is 0.807. The Morgan fingerprint density at radius 1 is 1.26 bits per heavy atom. The molecule has 0 saturated carbocycles. The monoisotopic (exact) mass is 423 g/mol. The van der Waals surface area contributed by atoms with Crippen LogP contribution in [0.2, 0.25) is 0 Å². The van der Waals surface area contributed by atoms with Gasteiger partial charge in [0.05, 0.1) is 24.3 Å². The summed E-state index contributed by atoms with van der Waals surface area (Å²) in [5, 5.41) is 16.8. The molecule has 7 nitrogen and oxygen atoms in total. The first-order valence-corrected chi connectivity index (χ1v) is 10.6. The number of H-pyrrole nitrogens is 1. The van der Waals surface area contributed by atoms with Gasteiger partial charge in [0.25, 0.3) is 0 Å². The Balaban J connectivity index is 1.53. The smallest absolute Gasteiger partial charge is 0.305 e. The van der Waals surface area contributed by atoms with Gasteiger partial charge in [0.1, 0.15) is 18.1 Å². The highest BCUT2D eigenvalue weighted by atomic mass is 16.5. The van der Waals surface area contributed by atoms with E-state index in [2.05, 4.69) is 15.6 Å². The molecule has 2 aromatic carbocycles. The number of anilines is 1. The van der Waals surface area contributed by atoms with Gasteiger partial charge in [-0.25, -0.2) is 0 Å². The average molecular weight is 424 g/mol.